The molecule has 28 heavy (non-hydrogen) atoms. The van der Waals surface area contributed by atoms with E-state index >= 15 is 0 Å². The molecule has 2 aromatic rings. The molecular weight excluding hydrogens is 354 g/mol. The minimum atomic E-state index is -0.0160. The van der Waals surface area contributed by atoms with Crippen molar-refractivity contribution in [2.24, 2.45) is 0 Å². The van der Waals surface area contributed by atoms with Crippen molar-refractivity contribution in [3.05, 3.63) is 54.1 Å². The van der Waals surface area contributed by atoms with Gasteiger partial charge in [-0.2, -0.15) is 0 Å². The van der Waals surface area contributed by atoms with E-state index in [0.717, 1.165) is 57.3 Å². The van der Waals surface area contributed by atoms with Crippen LogP contribution in [0.1, 0.15) is 10.4 Å². The van der Waals surface area contributed by atoms with E-state index < -0.39 is 0 Å². The first kappa shape index (κ1) is 18.8. The molecule has 1 fully saturated rings. The number of carbonyl (C=O) groups excluding carboxylic acids is 1. The van der Waals surface area contributed by atoms with Crippen molar-refractivity contribution in [2.75, 3.05) is 69.4 Å². The van der Waals surface area contributed by atoms with Gasteiger partial charge in [-0.3, -0.25) is 9.69 Å². The van der Waals surface area contributed by atoms with Crippen LogP contribution in [-0.4, -0.2) is 70.4 Å². The van der Waals surface area contributed by atoms with Crippen LogP contribution in [0.25, 0.3) is 0 Å². The second kappa shape index (κ2) is 8.63. The minimum absolute atomic E-state index is 0.0160. The molecule has 2 aliphatic heterocycles. The number of nitrogens with zero attached hydrogens (tertiary/aromatic N) is 3. The summed E-state index contributed by atoms with van der Waals surface area (Å²) >= 11 is 0. The maximum Gasteiger partial charge on any atom is 0.262 e. The van der Waals surface area contributed by atoms with Crippen molar-refractivity contribution in [3.8, 4) is 5.75 Å². The lowest BCUT2D eigenvalue weighted by molar-refractivity contribution is 0.0391. The van der Waals surface area contributed by atoms with E-state index in [-0.39, 0.29) is 5.91 Å². The first-order valence-electron chi connectivity index (χ1n) is 9.87. The molecule has 0 saturated carbocycles. The van der Waals surface area contributed by atoms with Gasteiger partial charge in [-0.05, 0) is 24.3 Å². The van der Waals surface area contributed by atoms with Crippen LogP contribution in [0.15, 0.2) is 48.5 Å². The second-order valence-corrected chi connectivity index (χ2v) is 7.09. The zero-order valence-corrected chi connectivity index (χ0v) is 16.3. The Labute approximate surface area is 166 Å². The molecule has 0 spiro atoms. The van der Waals surface area contributed by atoms with E-state index in [1.165, 1.54) is 0 Å². The number of hydrogen-bond acceptors (Lipinski definition) is 5. The smallest absolute Gasteiger partial charge is 0.262 e. The van der Waals surface area contributed by atoms with Crippen LogP contribution in [0.5, 0.6) is 5.75 Å². The van der Waals surface area contributed by atoms with Crippen molar-refractivity contribution in [3.63, 3.8) is 0 Å². The normalized spacial score (nSPS) is 17.3. The second-order valence-electron chi connectivity index (χ2n) is 7.09. The van der Waals surface area contributed by atoms with Crippen LogP contribution < -0.4 is 14.5 Å². The standard InChI is InChI=1S/C22H27N3O3/c1-27-21-9-5-2-6-18(21)22(26)25-13-12-24(19-7-3-4-8-20(19)25)11-10-23-14-16-28-17-15-23/h2-9H,10-17H2,1H3. The Morgan fingerprint density at radius 3 is 2.43 bits per heavy atom. The lowest BCUT2D eigenvalue weighted by Gasteiger charge is -2.39. The number of fused-ring (bicyclic) bond motifs is 1. The number of para-hydroxylation sites is 3. The highest BCUT2D eigenvalue weighted by Crippen LogP contribution is 2.34. The molecule has 1 saturated heterocycles. The lowest BCUT2D eigenvalue weighted by atomic mass is 10.1. The van der Waals surface area contributed by atoms with Gasteiger partial charge < -0.3 is 19.3 Å². The largest absolute Gasteiger partial charge is 0.496 e. The molecule has 2 aromatic carbocycles. The van der Waals surface area contributed by atoms with Gasteiger partial charge in [-0.25, -0.2) is 0 Å². The molecule has 6 nitrogen and oxygen atoms in total. The number of carbonyl (C=O) groups is 1. The number of amides is 1. The van der Waals surface area contributed by atoms with Crippen LogP contribution in [0.4, 0.5) is 11.4 Å². The van der Waals surface area contributed by atoms with E-state index in [2.05, 4.69) is 15.9 Å². The lowest BCUT2D eigenvalue weighted by Crippen LogP contribution is -2.47. The first-order chi connectivity index (χ1) is 13.8. The van der Waals surface area contributed by atoms with Crippen LogP contribution in [0, 0.1) is 0 Å². The predicted molar refractivity (Wildman–Crippen MR) is 111 cm³/mol. The average Bonchev–Trinajstić information content (AvgIpc) is 2.77. The van der Waals surface area contributed by atoms with Crippen molar-refractivity contribution in [1.29, 1.82) is 0 Å². The number of hydrogen-bond donors (Lipinski definition) is 0. The third-order valence-electron chi connectivity index (χ3n) is 5.48. The Hall–Kier alpha value is -2.57. The molecule has 0 unspecified atom stereocenters. The summed E-state index contributed by atoms with van der Waals surface area (Å²) < 4.78 is 10.8. The van der Waals surface area contributed by atoms with Gasteiger partial charge in [0.15, 0.2) is 0 Å². The number of anilines is 2. The van der Waals surface area contributed by atoms with Gasteiger partial charge in [0, 0.05) is 39.3 Å². The summed E-state index contributed by atoms with van der Waals surface area (Å²) in [4.78, 5) is 20.0. The van der Waals surface area contributed by atoms with Crippen molar-refractivity contribution < 1.29 is 14.3 Å². The maximum absolute atomic E-state index is 13.3. The molecule has 4 rings (SSSR count). The topological polar surface area (TPSA) is 45.2 Å². The average molecular weight is 381 g/mol. The molecule has 0 N–H and O–H groups in total. The quantitative estimate of drug-likeness (QED) is 0.796. The fraction of sp³-hybridized carbons (Fsp3) is 0.409. The van der Waals surface area contributed by atoms with Crippen molar-refractivity contribution >= 4 is 17.3 Å². The molecule has 6 heteroatoms. The van der Waals surface area contributed by atoms with Crippen LogP contribution in [0.3, 0.4) is 0 Å². The molecule has 1 amide bonds. The van der Waals surface area contributed by atoms with Crippen LogP contribution in [-0.2, 0) is 4.74 Å². The number of ether oxygens (including phenoxy) is 2. The maximum atomic E-state index is 13.3. The molecular formula is C22H27N3O3. The zero-order valence-electron chi connectivity index (χ0n) is 16.3. The molecule has 0 radical (unpaired) electrons. The Morgan fingerprint density at radius 2 is 1.64 bits per heavy atom. The summed E-state index contributed by atoms with van der Waals surface area (Å²) in [5.41, 5.74) is 2.68. The fourth-order valence-corrected chi connectivity index (χ4v) is 3.92. The van der Waals surface area contributed by atoms with Crippen molar-refractivity contribution in [2.45, 2.75) is 0 Å². The van der Waals surface area contributed by atoms with E-state index in [1.807, 2.05) is 47.4 Å². The van der Waals surface area contributed by atoms with E-state index in [9.17, 15) is 4.79 Å². The van der Waals surface area contributed by atoms with Gasteiger partial charge in [0.05, 0.1) is 37.3 Å². The summed E-state index contributed by atoms with van der Waals surface area (Å²) in [5, 5.41) is 0. The van der Waals surface area contributed by atoms with Crippen molar-refractivity contribution in [1.82, 2.24) is 4.90 Å². The number of methoxy groups -OCH3 is 1. The summed E-state index contributed by atoms with van der Waals surface area (Å²) in [6.45, 7) is 7.07. The van der Waals surface area contributed by atoms with Gasteiger partial charge in [-0.1, -0.05) is 24.3 Å². The van der Waals surface area contributed by atoms with Gasteiger partial charge >= 0.3 is 0 Å². The Kier molecular flexibility index (Phi) is 5.78. The third-order valence-corrected chi connectivity index (χ3v) is 5.48. The highest BCUT2D eigenvalue weighted by molar-refractivity contribution is 6.10. The summed E-state index contributed by atoms with van der Waals surface area (Å²) in [6.07, 6.45) is 0. The molecule has 0 aromatic heterocycles. The third kappa shape index (κ3) is 3.84. The molecule has 2 aliphatic rings. The van der Waals surface area contributed by atoms with Gasteiger partial charge in [0.1, 0.15) is 5.75 Å². The predicted octanol–water partition coefficient (Wildman–Crippen LogP) is 2.49. The zero-order chi connectivity index (χ0) is 19.3. The Bertz CT molecular complexity index is 820. The highest BCUT2D eigenvalue weighted by Gasteiger charge is 2.28. The number of rotatable bonds is 5. The van der Waals surface area contributed by atoms with E-state index in [1.54, 1.807) is 7.11 Å². The van der Waals surface area contributed by atoms with Gasteiger partial charge in [0.2, 0.25) is 0 Å². The molecule has 148 valence electrons. The monoisotopic (exact) mass is 381 g/mol. The van der Waals surface area contributed by atoms with E-state index in [4.69, 9.17) is 9.47 Å². The number of benzene rings is 2. The molecule has 0 aliphatic carbocycles. The van der Waals surface area contributed by atoms with Gasteiger partial charge in [0.25, 0.3) is 5.91 Å². The van der Waals surface area contributed by atoms with Crippen LogP contribution in [0.2, 0.25) is 0 Å². The summed E-state index contributed by atoms with van der Waals surface area (Å²) in [7, 11) is 1.60. The molecule has 2 heterocycles. The van der Waals surface area contributed by atoms with Gasteiger partial charge in [-0.15, -0.1) is 0 Å². The highest BCUT2D eigenvalue weighted by atomic mass is 16.5. The SMILES string of the molecule is COc1ccccc1C(=O)N1CCN(CCN2CCOCC2)c2ccccc21. The fourth-order valence-electron chi connectivity index (χ4n) is 3.92. The summed E-state index contributed by atoms with van der Waals surface area (Å²) in [5.74, 6) is 0.595. The van der Waals surface area contributed by atoms with Crippen LogP contribution >= 0.6 is 0 Å². The molecule has 0 atom stereocenters. The minimum Gasteiger partial charge on any atom is -0.496 e. The summed E-state index contributed by atoms with van der Waals surface area (Å²) in [6, 6.07) is 15.6. The first-order valence-corrected chi connectivity index (χ1v) is 9.87. The Morgan fingerprint density at radius 1 is 0.929 bits per heavy atom. The molecule has 0 bridgehead atoms. The Balaban J connectivity index is 1.53. The number of morpholine rings is 1. The van der Waals surface area contributed by atoms with E-state index in [0.29, 0.717) is 17.9 Å².